The third kappa shape index (κ3) is 5.49. The fourth-order valence-corrected chi connectivity index (χ4v) is 10.5. The maximum atomic E-state index is 2.50. The Balaban J connectivity index is 1.19. The van der Waals surface area contributed by atoms with Gasteiger partial charge in [-0.05, 0) is 113 Å². The van der Waals surface area contributed by atoms with Crippen LogP contribution in [0.4, 0.5) is 17.1 Å². The van der Waals surface area contributed by atoms with Crippen LogP contribution in [0.1, 0.15) is 22.3 Å². The monoisotopic (exact) mass is 787 g/mol. The third-order valence-electron chi connectivity index (χ3n) is 13.1. The van der Waals surface area contributed by atoms with Gasteiger partial charge in [0.15, 0.2) is 0 Å². The Bertz CT molecular complexity index is 3400. The van der Waals surface area contributed by atoms with Gasteiger partial charge in [-0.1, -0.05) is 218 Å². The predicted molar refractivity (Wildman–Crippen MR) is 262 cm³/mol. The molecule has 0 fully saturated rings. The molecule has 0 N–H and O–H groups in total. The first-order valence-corrected chi connectivity index (χ1v) is 21.5. The van der Waals surface area contributed by atoms with Crippen LogP contribution < -0.4 is 4.90 Å². The lowest BCUT2D eigenvalue weighted by molar-refractivity contribution is 0.768. The lowest BCUT2D eigenvalue weighted by Crippen LogP contribution is -2.28. The van der Waals surface area contributed by atoms with E-state index in [9.17, 15) is 0 Å². The van der Waals surface area contributed by atoms with Crippen molar-refractivity contribution in [1.82, 2.24) is 0 Å². The highest BCUT2D eigenvalue weighted by Crippen LogP contribution is 2.57. The Morgan fingerprint density at radius 2 is 0.774 bits per heavy atom. The van der Waals surface area contributed by atoms with Crippen molar-refractivity contribution in [3.8, 4) is 33.4 Å². The van der Waals surface area contributed by atoms with E-state index in [0.29, 0.717) is 0 Å². The van der Waals surface area contributed by atoms with Gasteiger partial charge >= 0.3 is 0 Å². The highest BCUT2D eigenvalue weighted by atomic mass is 15.1. The molecular weight excluding hydrogens is 747 g/mol. The molecule has 1 nitrogen and oxygen atoms in total. The fraction of sp³-hybridized carbons (Fsp3) is 0.0164. The van der Waals surface area contributed by atoms with Crippen LogP contribution in [0.3, 0.4) is 0 Å². The van der Waals surface area contributed by atoms with E-state index in [0.717, 1.165) is 17.1 Å². The van der Waals surface area contributed by atoms with E-state index >= 15 is 0 Å². The van der Waals surface area contributed by atoms with Crippen LogP contribution in [0, 0.1) is 0 Å². The zero-order valence-corrected chi connectivity index (χ0v) is 34.1. The van der Waals surface area contributed by atoms with E-state index in [2.05, 4.69) is 254 Å². The molecule has 290 valence electrons. The zero-order valence-electron chi connectivity index (χ0n) is 34.1. The maximum absolute atomic E-state index is 2.50. The Hall–Kier alpha value is -8.00. The van der Waals surface area contributed by atoms with Crippen LogP contribution in [-0.2, 0) is 5.41 Å². The summed E-state index contributed by atoms with van der Waals surface area (Å²) in [5.74, 6) is 0. The number of nitrogens with zero attached hydrogens (tertiary/aromatic N) is 1. The topological polar surface area (TPSA) is 3.24 Å². The molecule has 0 amide bonds. The molecule has 0 saturated carbocycles. The van der Waals surface area contributed by atoms with Crippen LogP contribution in [0.2, 0.25) is 0 Å². The second-order valence-corrected chi connectivity index (χ2v) is 16.3. The zero-order chi connectivity index (χ0) is 41.0. The molecule has 11 aromatic rings. The fourth-order valence-electron chi connectivity index (χ4n) is 10.5. The van der Waals surface area contributed by atoms with E-state index in [1.54, 1.807) is 0 Å². The summed E-state index contributed by atoms with van der Waals surface area (Å²) in [5, 5.41) is 7.35. The Kier molecular flexibility index (Phi) is 8.47. The average molecular weight is 788 g/mol. The average Bonchev–Trinajstić information content (AvgIpc) is 3.65. The van der Waals surface area contributed by atoms with Crippen molar-refractivity contribution < 1.29 is 0 Å². The summed E-state index contributed by atoms with van der Waals surface area (Å²) < 4.78 is 0. The molecular formula is C61H41N. The lowest BCUT2D eigenvalue weighted by Gasteiger charge is -2.35. The molecule has 1 aliphatic rings. The van der Waals surface area contributed by atoms with E-state index in [-0.39, 0.29) is 0 Å². The molecule has 1 heteroatoms. The second-order valence-electron chi connectivity index (χ2n) is 16.3. The van der Waals surface area contributed by atoms with Crippen molar-refractivity contribution >= 4 is 49.4 Å². The highest BCUT2D eigenvalue weighted by Gasteiger charge is 2.46. The first kappa shape index (κ1) is 35.9. The number of hydrogen-bond acceptors (Lipinski definition) is 1. The van der Waals surface area contributed by atoms with Gasteiger partial charge in [-0.2, -0.15) is 0 Å². The minimum atomic E-state index is -0.526. The van der Waals surface area contributed by atoms with Gasteiger partial charge in [0.05, 0.1) is 11.1 Å². The SMILES string of the molecule is c1ccc(-c2c(-c3ccccc3)c3cc(N(c4ccc5c(c4)C(c4ccccc4)(c4ccccc4)c4ccccc4-5)c4cccc5ccccc45)ccc3c3ccccc23)cc1. The molecule has 62 heavy (non-hydrogen) atoms. The predicted octanol–water partition coefficient (Wildman–Crippen LogP) is 16.3. The van der Waals surface area contributed by atoms with Crippen LogP contribution in [0.15, 0.2) is 249 Å². The molecule has 0 atom stereocenters. The molecule has 12 rings (SSSR count). The Labute approximate surface area is 362 Å². The van der Waals surface area contributed by atoms with E-state index in [4.69, 9.17) is 0 Å². The normalized spacial score (nSPS) is 12.6. The summed E-state index contributed by atoms with van der Waals surface area (Å²) in [6.07, 6.45) is 0. The van der Waals surface area contributed by atoms with Gasteiger partial charge in [-0.3, -0.25) is 0 Å². The first-order valence-electron chi connectivity index (χ1n) is 21.5. The van der Waals surface area contributed by atoms with Gasteiger partial charge in [0.2, 0.25) is 0 Å². The molecule has 0 spiro atoms. The molecule has 11 aromatic carbocycles. The van der Waals surface area contributed by atoms with Crippen LogP contribution >= 0.6 is 0 Å². The molecule has 0 unspecified atom stereocenters. The third-order valence-corrected chi connectivity index (χ3v) is 13.1. The van der Waals surface area contributed by atoms with Crippen molar-refractivity contribution in [3.05, 3.63) is 271 Å². The lowest BCUT2D eigenvalue weighted by atomic mass is 9.67. The summed E-state index contributed by atoms with van der Waals surface area (Å²) in [6.45, 7) is 0. The number of rotatable bonds is 7. The largest absolute Gasteiger partial charge is 0.310 e. The van der Waals surface area contributed by atoms with Crippen LogP contribution in [-0.4, -0.2) is 0 Å². The number of anilines is 3. The van der Waals surface area contributed by atoms with Gasteiger partial charge < -0.3 is 4.90 Å². The van der Waals surface area contributed by atoms with Crippen LogP contribution in [0.25, 0.3) is 65.7 Å². The Morgan fingerprint density at radius 3 is 1.47 bits per heavy atom. The van der Waals surface area contributed by atoms with Crippen molar-refractivity contribution in [2.75, 3.05) is 4.90 Å². The summed E-state index contributed by atoms with van der Waals surface area (Å²) >= 11 is 0. The van der Waals surface area contributed by atoms with Gasteiger partial charge in [-0.15, -0.1) is 0 Å². The summed E-state index contributed by atoms with van der Waals surface area (Å²) in [7, 11) is 0. The van der Waals surface area contributed by atoms with Gasteiger partial charge in [0.25, 0.3) is 0 Å². The minimum absolute atomic E-state index is 0.526. The number of hydrogen-bond donors (Lipinski definition) is 0. The molecule has 1 aliphatic carbocycles. The summed E-state index contributed by atoms with van der Waals surface area (Å²) in [5.41, 5.74) is 15.3. The summed E-state index contributed by atoms with van der Waals surface area (Å²) in [6, 6.07) is 91.7. The van der Waals surface area contributed by atoms with Gasteiger partial charge in [0, 0.05) is 16.8 Å². The molecule has 0 bridgehead atoms. The van der Waals surface area contributed by atoms with Crippen molar-refractivity contribution in [2.24, 2.45) is 0 Å². The smallest absolute Gasteiger partial charge is 0.0714 e. The second kappa shape index (κ2) is 14.6. The molecule has 0 aromatic heterocycles. The van der Waals surface area contributed by atoms with Crippen LogP contribution in [0.5, 0.6) is 0 Å². The molecule has 0 saturated heterocycles. The highest BCUT2D eigenvalue weighted by molar-refractivity contribution is 6.22. The standard InChI is InChI=1S/C61H41N/c1-5-21-43(22-6-1)59-54-33-16-15-31-50(54)51-38-36-47(40-55(51)60(59)44-23-7-2-8-24-44)62(58-35-19-25-42-20-13-14-30-49(42)58)48-37-39-53-52-32-17-18-34-56(52)61(57(53)41-48,45-26-9-3-10-27-45)46-28-11-4-12-29-46/h1-41H. The number of fused-ring (bicyclic) bond motifs is 7. The van der Waals surface area contributed by atoms with Crippen molar-refractivity contribution in [1.29, 1.82) is 0 Å². The molecule has 0 heterocycles. The van der Waals surface area contributed by atoms with Gasteiger partial charge in [-0.25, -0.2) is 0 Å². The molecule has 0 aliphatic heterocycles. The summed E-state index contributed by atoms with van der Waals surface area (Å²) in [4.78, 5) is 2.50. The van der Waals surface area contributed by atoms with E-state index in [1.165, 1.54) is 88.0 Å². The van der Waals surface area contributed by atoms with E-state index in [1.807, 2.05) is 0 Å². The quantitative estimate of drug-likeness (QED) is 0.145. The maximum Gasteiger partial charge on any atom is 0.0714 e. The number of benzene rings is 11. The van der Waals surface area contributed by atoms with Crippen molar-refractivity contribution in [2.45, 2.75) is 5.41 Å². The Morgan fingerprint density at radius 1 is 0.290 bits per heavy atom. The minimum Gasteiger partial charge on any atom is -0.310 e. The first-order chi connectivity index (χ1) is 30.8. The molecule has 0 radical (unpaired) electrons. The van der Waals surface area contributed by atoms with E-state index < -0.39 is 5.41 Å². The van der Waals surface area contributed by atoms with Gasteiger partial charge in [0.1, 0.15) is 0 Å². The van der Waals surface area contributed by atoms with Crippen molar-refractivity contribution in [3.63, 3.8) is 0 Å².